The monoisotopic (exact) mass is 448 g/mol. The summed E-state index contributed by atoms with van der Waals surface area (Å²) in [5.41, 5.74) is 1.00. The maximum Gasteiger partial charge on any atom is 0.204 e. The highest BCUT2D eigenvalue weighted by molar-refractivity contribution is 5.90. The second kappa shape index (κ2) is 8.07. The molecule has 3 N–H and O–H groups in total. The van der Waals surface area contributed by atoms with Gasteiger partial charge in [-0.15, -0.1) is 0 Å². The molecule has 1 aromatic heterocycles. The minimum atomic E-state index is -0.884. The summed E-state index contributed by atoms with van der Waals surface area (Å²) < 4.78 is 23.1. The highest BCUT2D eigenvalue weighted by Gasteiger charge is 2.37. The number of rotatable bonds is 4. The smallest absolute Gasteiger partial charge is 0.204 e. The van der Waals surface area contributed by atoms with Crippen LogP contribution in [-0.2, 0) is 0 Å². The number of methoxy groups -OCH3 is 1. The predicted molar refractivity (Wildman–Crippen MR) is 119 cm³/mol. The van der Waals surface area contributed by atoms with E-state index in [1.54, 1.807) is 12.1 Å². The Balaban J connectivity index is 1.67. The molecule has 1 aliphatic heterocycles. The van der Waals surface area contributed by atoms with E-state index in [-0.39, 0.29) is 45.1 Å². The summed E-state index contributed by atoms with van der Waals surface area (Å²) in [6.45, 7) is -0.424. The number of aliphatic hydroxyl groups excluding tert-OH is 1. The topological polar surface area (TPSA) is 119 Å². The summed E-state index contributed by atoms with van der Waals surface area (Å²) in [7, 11) is 1.41. The molecule has 168 valence electrons. The Labute approximate surface area is 187 Å². The van der Waals surface area contributed by atoms with Crippen LogP contribution < -0.4 is 19.6 Å². The van der Waals surface area contributed by atoms with Gasteiger partial charge in [-0.1, -0.05) is 36.4 Å². The van der Waals surface area contributed by atoms with Gasteiger partial charge in [-0.2, -0.15) is 0 Å². The van der Waals surface area contributed by atoms with Crippen molar-refractivity contribution in [1.82, 2.24) is 0 Å². The van der Waals surface area contributed by atoms with Crippen molar-refractivity contribution < 1.29 is 33.9 Å². The molecule has 3 aromatic carbocycles. The lowest BCUT2D eigenvalue weighted by Crippen LogP contribution is -2.36. The van der Waals surface area contributed by atoms with Crippen LogP contribution in [0, 0.1) is 0 Å². The quantitative estimate of drug-likeness (QED) is 0.432. The van der Waals surface area contributed by atoms with Crippen molar-refractivity contribution in [1.29, 1.82) is 0 Å². The Bertz CT molecular complexity index is 1390. The second-order valence-corrected chi connectivity index (χ2v) is 7.58. The maximum absolute atomic E-state index is 13.1. The third-order valence-corrected chi connectivity index (χ3v) is 5.53. The molecule has 0 bridgehead atoms. The number of fused-ring (bicyclic) bond motifs is 3. The van der Waals surface area contributed by atoms with Gasteiger partial charge < -0.3 is 33.9 Å². The minimum absolute atomic E-state index is 0.0140. The van der Waals surface area contributed by atoms with Crippen molar-refractivity contribution in [2.75, 3.05) is 13.7 Å². The fraction of sp³-hybridized carbons (Fsp3) is 0.160. The van der Waals surface area contributed by atoms with E-state index in [1.165, 1.54) is 25.3 Å². The lowest BCUT2D eigenvalue weighted by Gasteiger charge is -2.34. The van der Waals surface area contributed by atoms with Gasteiger partial charge in [-0.25, -0.2) is 0 Å². The van der Waals surface area contributed by atoms with Crippen LogP contribution in [0.5, 0.6) is 28.7 Å². The highest BCUT2D eigenvalue weighted by Crippen LogP contribution is 2.49. The lowest BCUT2D eigenvalue weighted by atomic mass is 10.0. The number of aromatic hydroxyl groups is 2. The molecule has 2 unspecified atom stereocenters. The molecule has 2 atom stereocenters. The first kappa shape index (κ1) is 20.7. The van der Waals surface area contributed by atoms with Gasteiger partial charge in [0, 0.05) is 23.3 Å². The first-order valence-electron chi connectivity index (χ1n) is 10.2. The van der Waals surface area contributed by atoms with Crippen LogP contribution in [0.3, 0.4) is 0 Å². The van der Waals surface area contributed by atoms with Crippen molar-refractivity contribution in [2.24, 2.45) is 0 Å². The van der Waals surface area contributed by atoms with E-state index < -0.39 is 18.8 Å². The molecule has 0 amide bonds. The zero-order valence-electron chi connectivity index (χ0n) is 17.5. The number of phenols is 2. The summed E-state index contributed by atoms with van der Waals surface area (Å²) in [6.07, 6.45) is -1.74. The van der Waals surface area contributed by atoms with E-state index in [1.807, 2.05) is 30.3 Å². The molecule has 8 heteroatoms. The van der Waals surface area contributed by atoms with Crippen molar-refractivity contribution in [3.63, 3.8) is 0 Å². The minimum Gasteiger partial charge on any atom is -0.504 e. The third-order valence-electron chi connectivity index (χ3n) is 5.53. The molecule has 2 heterocycles. The Kier molecular flexibility index (Phi) is 5.07. The predicted octanol–water partition coefficient (Wildman–Crippen LogP) is 3.75. The van der Waals surface area contributed by atoms with E-state index in [0.29, 0.717) is 16.9 Å². The van der Waals surface area contributed by atoms with E-state index in [4.69, 9.17) is 18.6 Å². The van der Waals surface area contributed by atoms with Crippen molar-refractivity contribution in [2.45, 2.75) is 12.2 Å². The summed E-state index contributed by atoms with van der Waals surface area (Å²) in [6, 6.07) is 16.4. The van der Waals surface area contributed by atoms with E-state index in [0.717, 1.165) is 0 Å². The van der Waals surface area contributed by atoms with E-state index in [2.05, 4.69) is 0 Å². The number of hydrogen-bond donors (Lipinski definition) is 3. The Morgan fingerprint density at radius 2 is 1.73 bits per heavy atom. The summed E-state index contributed by atoms with van der Waals surface area (Å²) in [4.78, 5) is 13.1. The van der Waals surface area contributed by atoms with E-state index >= 15 is 0 Å². The van der Waals surface area contributed by atoms with Gasteiger partial charge in [0.25, 0.3) is 0 Å². The number of phenolic OH excluding ortho intramolecular Hbond substituents is 2. The molecule has 0 radical (unpaired) electrons. The third kappa shape index (κ3) is 3.50. The SMILES string of the molecule is COc1cc(C2Oc3c(c(O)cc4oc(-c5ccccc5)cc(=O)c34)OC2CO)ccc1O. The number of ether oxygens (including phenoxy) is 3. The molecule has 5 rings (SSSR count). The standard InChI is InChI=1S/C25H20O8/c1-30-19-9-14(7-8-15(19)27)23-21(12-26)32-24-17(29)11-20-22(25(24)33-23)16(28)10-18(31-20)13-5-3-2-4-6-13/h2-11,21,23,26-27,29H,12H2,1H3. The average molecular weight is 448 g/mol. The Hall–Kier alpha value is -4.17. The molecular weight excluding hydrogens is 428 g/mol. The first-order chi connectivity index (χ1) is 16.0. The fourth-order valence-corrected chi connectivity index (χ4v) is 3.93. The van der Waals surface area contributed by atoms with Gasteiger partial charge in [0.2, 0.25) is 5.75 Å². The normalized spacial score (nSPS) is 17.2. The molecule has 4 aromatic rings. The van der Waals surface area contributed by atoms with Crippen LogP contribution in [0.25, 0.3) is 22.3 Å². The van der Waals surface area contributed by atoms with Gasteiger partial charge in [-0.3, -0.25) is 4.79 Å². The largest absolute Gasteiger partial charge is 0.504 e. The van der Waals surface area contributed by atoms with Gasteiger partial charge >= 0.3 is 0 Å². The summed E-state index contributed by atoms with van der Waals surface area (Å²) in [5.74, 6) is 0.175. The number of hydrogen-bond acceptors (Lipinski definition) is 8. The van der Waals surface area contributed by atoms with Crippen molar-refractivity contribution >= 4 is 11.0 Å². The van der Waals surface area contributed by atoms with Crippen LogP contribution in [-0.4, -0.2) is 35.1 Å². The zero-order chi connectivity index (χ0) is 23.1. The molecule has 1 aliphatic rings. The second-order valence-electron chi connectivity index (χ2n) is 7.58. The van der Waals surface area contributed by atoms with Crippen molar-refractivity contribution in [3.05, 3.63) is 76.5 Å². The number of aliphatic hydroxyl groups is 1. The molecule has 0 fully saturated rings. The van der Waals surface area contributed by atoms with Crippen molar-refractivity contribution in [3.8, 4) is 40.1 Å². The van der Waals surface area contributed by atoms with Crippen LogP contribution >= 0.6 is 0 Å². The van der Waals surface area contributed by atoms with Gasteiger partial charge in [0.05, 0.1) is 13.7 Å². The average Bonchev–Trinajstić information content (AvgIpc) is 2.84. The molecule has 0 saturated carbocycles. The van der Waals surface area contributed by atoms with Gasteiger partial charge in [-0.05, 0) is 12.1 Å². The molecule has 0 aliphatic carbocycles. The molecule has 0 spiro atoms. The molecule has 0 saturated heterocycles. The maximum atomic E-state index is 13.1. The lowest BCUT2D eigenvalue weighted by molar-refractivity contribution is -0.0130. The van der Waals surface area contributed by atoms with Gasteiger partial charge in [0.1, 0.15) is 16.7 Å². The molecule has 8 nitrogen and oxygen atoms in total. The first-order valence-corrected chi connectivity index (χ1v) is 10.2. The van der Waals surface area contributed by atoms with Gasteiger partial charge in [0.15, 0.2) is 40.6 Å². The summed E-state index contributed by atoms with van der Waals surface area (Å²) in [5, 5.41) is 30.5. The molecule has 33 heavy (non-hydrogen) atoms. The number of benzene rings is 3. The fourth-order valence-electron chi connectivity index (χ4n) is 3.93. The van der Waals surface area contributed by atoms with Crippen LogP contribution in [0.1, 0.15) is 11.7 Å². The van der Waals surface area contributed by atoms with E-state index in [9.17, 15) is 20.1 Å². The Morgan fingerprint density at radius 1 is 0.939 bits per heavy atom. The highest BCUT2D eigenvalue weighted by atomic mass is 16.6. The van der Waals surface area contributed by atoms with Crippen LogP contribution in [0.15, 0.2) is 69.9 Å². The zero-order valence-corrected chi connectivity index (χ0v) is 17.5. The Morgan fingerprint density at radius 3 is 2.45 bits per heavy atom. The summed E-state index contributed by atoms with van der Waals surface area (Å²) >= 11 is 0. The van der Waals surface area contributed by atoms with Crippen LogP contribution in [0.4, 0.5) is 0 Å². The van der Waals surface area contributed by atoms with Crippen LogP contribution in [0.2, 0.25) is 0 Å². The molecular formula is C25H20O8.